The second-order valence-corrected chi connectivity index (χ2v) is 6.79. The van der Waals surface area contributed by atoms with Crippen LogP contribution in [0.25, 0.3) is 0 Å². The van der Waals surface area contributed by atoms with Crippen molar-refractivity contribution in [1.82, 2.24) is 14.7 Å². The largest absolute Gasteiger partial charge is 0.334 e. The molecule has 0 radical (unpaired) electrons. The topological polar surface area (TPSA) is 78.0 Å². The van der Waals surface area contributed by atoms with Gasteiger partial charge in [-0.3, -0.25) is 19.3 Å². The van der Waals surface area contributed by atoms with Crippen LogP contribution in [-0.4, -0.2) is 57.1 Å². The molecule has 8 heteroatoms. The molecule has 5 amide bonds. The van der Waals surface area contributed by atoms with Crippen LogP contribution in [0, 0.1) is 5.82 Å². The summed E-state index contributed by atoms with van der Waals surface area (Å²) in [5.41, 5.74) is 0.367. The number of halogens is 1. The van der Waals surface area contributed by atoms with Crippen molar-refractivity contribution in [2.24, 2.45) is 0 Å². The average Bonchev–Trinajstić information content (AvgIpc) is 3.39. The summed E-state index contributed by atoms with van der Waals surface area (Å²) < 4.78 is 13.9. The van der Waals surface area contributed by atoms with Crippen molar-refractivity contribution < 1.29 is 23.6 Å². The van der Waals surface area contributed by atoms with Crippen molar-refractivity contribution in [3.05, 3.63) is 35.6 Å². The number of nitrogens with zero attached hydrogens (tertiary/aromatic N) is 3. The number of hydrogen-bond acceptors (Lipinski definition) is 4. The molecule has 7 nitrogen and oxygen atoms in total. The lowest BCUT2D eigenvalue weighted by atomic mass is 10.2. The molecule has 1 aliphatic carbocycles. The molecule has 1 saturated heterocycles. The van der Waals surface area contributed by atoms with E-state index in [4.69, 9.17) is 0 Å². The van der Waals surface area contributed by atoms with Crippen molar-refractivity contribution in [2.45, 2.75) is 45.3 Å². The number of urea groups is 1. The maximum atomic E-state index is 13.9. The van der Waals surface area contributed by atoms with Crippen LogP contribution in [0.1, 0.15) is 32.3 Å². The fourth-order valence-electron chi connectivity index (χ4n) is 2.96. The van der Waals surface area contributed by atoms with Gasteiger partial charge in [0, 0.05) is 24.2 Å². The van der Waals surface area contributed by atoms with Crippen LogP contribution >= 0.6 is 0 Å². The molecule has 0 aromatic heterocycles. The number of rotatable bonds is 6. The molecule has 3 rings (SSSR count). The molecule has 0 N–H and O–H groups in total. The SMILES string of the molecule is CC(C)N1C(=O)C(=O)N(CC(=O)N(Cc2ccccc2F)C2CC2)C1=O. The van der Waals surface area contributed by atoms with Crippen LogP contribution in [0.3, 0.4) is 0 Å². The second kappa shape index (κ2) is 6.86. The van der Waals surface area contributed by atoms with Gasteiger partial charge in [0.2, 0.25) is 5.91 Å². The number of carbonyl (C=O) groups is 4. The Labute approximate surface area is 150 Å². The molecule has 1 aromatic carbocycles. The van der Waals surface area contributed by atoms with E-state index >= 15 is 0 Å². The van der Waals surface area contributed by atoms with E-state index in [1.807, 2.05) is 0 Å². The van der Waals surface area contributed by atoms with Gasteiger partial charge in [0.05, 0.1) is 0 Å². The summed E-state index contributed by atoms with van der Waals surface area (Å²) in [6.45, 7) is 2.78. The third kappa shape index (κ3) is 3.31. The Kier molecular flexibility index (Phi) is 4.76. The Hall–Kier alpha value is -2.77. The Bertz CT molecular complexity index is 775. The summed E-state index contributed by atoms with van der Waals surface area (Å²) in [6, 6.07) is 4.86. The predicted octanol–water partition coefficient (Wildman–Crippen LogP) is 1.52. The smallest absolute Gasteiger partial charge is 0.334 e. The zero-order chi connectivity index (χ0) is 19.0. The van der Waals surface area contributed by atoms with Crippen LogP contribution in [0.15, 0.2) is 24.3 Å². The fourth-order valence-corrected chi connectivity index (χ4v) is 2.96. The number of amides is 5. The van der Waals surface area contributed by atoms with E-state index in [2.05, 4.69) is 0 Å². The van der Waals surface area contributed by atoms with Gasteiger partial charge in [0.25, 0.3) is 0 Å². The van der Waals surface area contributed by atoms with Gasteiger partial charge in [-0.25, -0.2) is 14.1 Å². The summed E-state index contributed by atoms with van der Waals surface area (Å²) in [7, 11) is 0. The van der Waals surface area contributed by atoms with Crippen LogP contribution in [0.5, 0.6) is 0 Å². The van der Waals surface area contributed by atoms with E-state index in [0.717, 1.165) is 17.7 Å². The standard InChI is InChI=1S/C18H20FN3O4/c1-11(2)22-17(25)16(24)21(18(22)26)10-15(23)20(13-7-8-13)9-12-5-3-4-6-14(12)19/h3-6,11,13H,7-10H2,1-2H3. The molecule has 0 bridgehead atoms. The van der Waals surface area contributed by atoms with Gasteiger partial charge in [-0.2, -0.15) is 0 Å². The van der Waals surface area contributed by atoms with E-state index < -0.39 is 42.2 Å². The lowest BCUT2D eigenvalue weighted by Gasteiger charge is -2.25. The molecular formula is C18H20FN3O4. The second-order valence-electron chi connectivity index (χ2n) is 6.79. The molecule has 1 heterocycles. The molecule has 26 heavy (non-hydrogen) atoms. The van der Waals surface area contributed by atoms with E-state index in [0.29, 0.717) is 10.5 Å². The van der Waals surface area contributed by atoms with Gasteiger partial charge < -0.3 is 4.90 Å². The Balaban J connectivity index is 1.75. The lowest BCUT2D eigenvalue weighted by Crippen LogP contribution is -2.44. The minimum Gasteiger partial charge on any atom is -0.334 e. The van der Waals surface area contributed by atoms with Crippen molar-refractivity contribution >= 4 is 23.8 Å². The molecule has 2 aliphatic rings. The van der Waals surface area contributed by atoms with E-state index in [-0.39, 0.29) is 12.6 Å². The first-order chi connectivity index (χ1) is 12.3. The van der Waals surface area contributed by atoms with E-state index in [1.165, 1.54) is 11.0 Å². The molecule has 1 aromatic rings. The maximum absolute atomic E-state index is 13.9. The third-order valence-corrected chi connectivity index (χ3v) is 4.50. The Morgan fingerprint density at radius 1 is 1.19 bits per heavy atom. The average molecular weight is 361 g/mol. The van der Waals surface area contributed by atoms with Crippen LogP contribution in [-0.2, 0) is 20.9 Å². The highest BCUT2D eigenvalue weighted by Crippen LogP contribution is 2.29. The van der Waals surface area contributed by atoms with Crippen molar-refractivity contribution in [1.29, 1.82) is 0 Å². The van der Waals surface area contributed by atoms with Crippen molar-refractivity contribution in [3.63, 3.8) is 0 Å². The molecule has 0 atom stereocenters. The van der Waals surface area contributed by atoms with E-state index in [9.17, 15) is 23.6 Å². The van der Waals surface area contributed by atoms with Crippen LogP contribution in [0.4, 0.5) is 9.18 Å². The highest BCUT2D eigenvalue weighted by Gasteiger charge is 2.47. The zero-order valence-corrected chi connectivity index (χ0v) is 14.6. The predicted molar refractivity (Wildman–Crippen MR) is 89.1 cm³/mol. The van der Waals surface area contributed by atoms with Crippen LogP contribution < -0.4 is 0 Å². The summed E-state index contributed by atoms with van der Waals surface area (Å²) in [5.74, 6) is -2.82. The number of hydrogen-bond donors (Lipinski definition) is 0. The zero-order valence-electron chi connectivity index (χ0n) is 14.6. The van der Waals surface area contributed by atoms with Gasteiger partial charge >= 0.3 is 17.8 Å². The fraction of sp³-hybridized carbons (Fsp3) is 0.444. The first kappa shape index (κ1) is 18.0. The van der Waals surface area contributed by atoms with Gasteiger partial charge in [-0.1, -0.05) is 18.2 Å². The van der Waals surface area contributed by atoms with Crippen molar-refractivity contribution in [3.8, 4) is 0 Å². The molecule has 2 fully saturated rings. The Morgan fingerprint density at radius 3 is 2.38 bits per heavy atom. The normalized spacial score (nSPS) is 17.5. The summed E-state index contributed by atoms with van der Waals surface area (Å²) in [6.07, 6.45) is 1.58. The molecule has 0 unspecified atom stereocenters. The van der Waals surface area contributed by atoms with Gasteiger partial charge in [0.15, 0.2) is 0 Å². The maximum Gasteiger partial charge on any atom is 0.334 e. The summed E-state index contributed by atoms with van der Waals surface area (Å²) >= 11 is 0. The van der Waals surface area contributed by atoms with E-state index in [1.54, 1.807) is 32.0 Å². The minimum atomic E-state index is -1.00. The quantitative estimate of drug-likeness (QED) is 0.568. The molecule has 138 valence electrons. The number of benzene rings is 1. The first-order valence-corrected chi connectivity index (χ1v) is 8.53. The summed E-state index contributed by atoms with van der Waals surface area (Å²) in [5, 5.41) is 0. The third-order valence-electron chi connectivity index (χ3n) is 4.50. The molecule has 1 saturated carbocycles. The van der Waals surface area contributed by atoms with Crippen molar-refractivity contribution in [2.75, 3.05) is 6.54 Å². The molecular weight excluding hydrogens is 341 g/mol. The lowest BCUT2D eigenvalue weighted by molar-refractivity contribution is -0.145. The Morgan fingerprint density at radius 2 is 1.85 bits per heavy atom. The van der Waals surface area contributed by atoms with Gasteiger partial charge in [-0.05, 0) is 32.8 Å². The minimum absolute atomic E-state index is 0.0354. The number of imide groups is 2. The monoisotopic (exact) mass is 361 g/mol. The first-order valence-electron chi connectivity index (χ1n) is 8.53. The molecule has 0 spiro atoms. The molecule has 1 aliphatic heterocycles. The highest BCUT2D eigenvalue weighted by molar-refractivity contribution is 6.45. The van der Waals surface area contributed by atoms with Crippen LogP contribution in [0.2, 0.25) is 0 Å². The number of carbonyl (C=O) groups excluding carboxylic acids is 4. The van der Waals surface area contributed by atoms with Gasteiger partial charge in [0.1, 0.15) is 12.4 Å². The summed E-state index contributed by atoms with van der Waals surface area (Å²) in [4.78, 5) is 52.0. The van der Waals surface area contributed by atoms with Gasteiger partial charge in [-0.15, -0.1) is 0 Å². The highest BCUT2D eigenvalue weighted by atomic mass is 19.1.